The van der Waals surface area contributed by atoms with E-state index >= 15 is 0 Å². The van der Waals surface area contributed by atoms with Crippen LogP contribution < -0.4 is 4.74 Å². The van der Waals surface area contributed by atoms with Gasteiger partial charge < -0.3 is 24.3 Å². The number of rotatable bonds is 4. The molecule has 4 aliphatic rings. The number of phenols is 1. The van der Waals surface area contributed by atoms with Gasteiger partial charge in [0.1, 0.15) is 6.10 Å². The molecule has 5 atom stereocenters. The fourth-order valence-electron chi connectivity index (χ4n) is 7.20. The largest absolute Gasteiger partial charge is 0.504 e. The third-order valence-electron chi connectivity index (χ3n) is 8.75. The maximum atomic E-state index is 13.1. The normalized spacial score (nSPS) is 34.2. The van der Waals surface area contributed by atoms with Gasteiger partial charge in [-0.2, -0.15) is 0 Å². The number of benzene rings is 1. The molecule has 1 aromatic carbocycles. The van der Waals surface area contributed by atoms with Crippen molar-refractivity contribution in [2.24, 2.45) is 0 Å². The Morgan fingerprint density at radius 2 is 2.18 bits per heavy atom. The lowest BCUT2D eigenvalue weighted by Crippen LogP contribution is -2.78. The van der Waals surface area contributed by atoms with Gasteiger partial charge in [-0.05, 0) is 62.5 Å². The fraction of sp³-hybridized carbons (Fsp3) is 0.500. The lowest BCUT2D eigenvalue weighted by molar-refractivity contribution is -0.198. The van der Waals surface area contributed by atoms with E-state index in [9.17, 15) is 15.0 Å². The average molecular weight is 451 g/mol. The number of ether oxygens (including phenoxy) is 1. The molecule has 1 spiro atoms. The van der Waals surface area contributed by atoms with E-state index < -0.39 is 17.1 Å². The van der Waals surface area contributed by atoms with E-state index in [1.807, 2.05) is 13.1 Å². The predicted molar refractivity (Wildman–Crippen MR) is 122 cm³/mol. The number of aliphatic hydroxyl groups is 1. The quantitative estimate of drug-likeness (QED) is 0.697. The molecule has 2 aromatic rings. The number of likely N-dealkylation sites (N-methyl/N-ethyl adjacent to an activating group) is 2. The molecule has 2 N–H and O–H groups in total. The first-order chi connectivity index (χ1) is 15.9. The van der Waals surface area contributed by atoms with Crippen LogP contribution in [-0.4, -0.2) is 69.8 Å². The highest BCUT2D eigenvalue weighted by atomic mass is 16.5. The minimum Gasteiger partial charge on any atom is -0.504 e. The van der Waals surface area contributed by atoms with Crippen molar-refractivity contribution < 1.29 is 24.2 Å². The van der Waals surface area contributed by atoms with Gasteiger partial charge in [0.25, 0.3) is 0 Å². The van der Waals surface area contributed by atoms with Crippen LogP contribution in [0.2, 0.25) is 0 Å². The van der Waals surface area contributed by atoms with Gasteiger partial charge in [0, 0.05) is 30.3 Å². The van der Waals surface area contributed by atoms with Crippen molar-refractivity contribution in [1.82, 2.24) is 9.80 Å². The molecule has 1 saturated carbocycles. The summed E-state index contributed by atoms with van der Waals surface area (Å²) in [6.07, 6.45) is 8.78. The van der Waals surface area contributed by atoms with Crippen LogP contribution >= 0.6 is 0 Å². The second kappa shape index (κ2) is 7.11. The van der Waals surface area contributed by atoms with Gasteiger partial charge in [-0.1, -0.05) is 13.0 Å². The van der Waals surface area contributed by atoms with Crippen LogP contribution in [0.25, 0.3) is 6.08 Å². The van der Waals surface area contributed by atoms with Crippen LogP contribution in [0.1, 0.15) is 42.9 Å². The van der Waals surface area contributed by atoms with Crippen LogP contribution in [0.3, 0.4) is 0 Å². The SMILES string of the molecule is CCN1CC[C@]23c4c5ccc(O)c4O[C@H]2[C@H](N(C)C(=O)/C=C/c2ccoc2)CC[C@@]3(O)[C@H]1C5. The molecule has 0 unspecified atom stereocenters. The number of furan rings is 1. The van der Waals surface area contributed by atoms with Gasteiger partial charge in [0.15, 0.2) is 11.5 Å². The Bertz CT molecular complexity index is 1130. The third-order valence-corrected chi connectivity index (χ3v) is 8.75. The van der Waals surface area contributed by atoms with E-state index in [-0.39, 0.29) is 23.7 Å². The lowest BCUT2D eigenvalue weighted by Gasteiger charge is -2.64. The molecule has 7 nitrogen and oxygen atoms in total. The van der Waals surface area contributed by atoms with Crippen molar-refractivity contribution in [2.75, 3.05) is 20.1 Å². The summed E-state index contributed by atoms with van der Waals surface area (Å²) in [5.74, 6) is 0.496. The number of hydrogen-bond acceptors (Lipinski definition) is 6. The molecule has 1 saturated heterocycles. The molecule has 1 amide bonds. The molecule has 2 bridgehead atoms. The molecular weight excluding hydrogens is 420 g/mol. The maximum Gasteiger partial charge on any atom is 0.246 e. The molecule has 3 heterocycles. The lowest BCUT2D eigenvalue weighted by atomic mass is 9.48. The van der Waals surface area contributed by atoms with E-state index in [4.69, 9.17) is 9.15 Å². The van der Waals surface area contributed by atoms with Crippen molar-refractivity contribution in [3.8, 4) is 11.5 Å². The zero-order valence-electron chi connectivity index (χ0n) is 19.0. The van der Waals surface area contributed by atoms with E-state index in [0.717, 1.165) is 42.6 Å². The third kappa shape index (κ3) is 2.60. The van der Waals surface area contributed by atoms with E-state index in [0.29, 0.717) is 18.6 Å². The molecule has 1 aromatic heterocycles. The molecule has 7 heteroatoms. The number of amides is 1. The van der Waals surface area contributed by atoms with E-state index in [2.05, 4.69) is 11.8 Å². The first-order valence-corrected chi connectivity index (χ1v) is 11.9. The standard InChI is InChI=1S/C26H30N2O5/c1-3-28-12-11-25-22-17-5-6-19(29)23(22)33-24(25)18(8-10-26(25,31)20(28)14-17)27(2)21(30)7-4-16-9-13-32-15-16/h4-7,9,13,15,18,20,24,29,31H,3,8,10-12,14H2,1-2H3/b7-4+/t18-,20-,24+,25+,26-/m1/s1. The van der Waals surface area contributed by atoms with Gasteiger partial charge >= 0.3 is 0 Å². The van der Waals surface area contributed by atoms with Crippen LogP contribution in [0.15, 0.2) is 41.2 Å². The Hall–Kier alpha value is -2.77. The van der Waals surface area contributed by atoms with Crippen molar-refractivity contribution in [2.45, 2.75) is 61.8 Å². The first kappa shape index (κ1) is 20.8. The minimum absolute atomic E-state index is 0.00767. The van der Waals surface area contributed by atoms with Crippen molar-refractivity contribution >= 4 is 12.0 Å². The van der Waals surface area contributed by atoms with Crippen LogP contribution in [0, 0.1) is 0 Å². The number of piperidine rings is 1. The zero-order valence-corrected chi connectivity index (χ0v) is 19.0. The van der Waals surface area contributed by atoms with Gasteiger partial charge in [-0.25, -0.2) is 0 Å². The van der Waals surface area contributed by atoms with Gasteiger partial charge in [0.2, 0.25) is 5.91 Å². The van der Waals surface area contributed by atoms with E-state index in [1.54, 1.807) is 41.7 Å². The van der Waals surface area contributed by atoms with Crippen LogP contribution in [0.4, 0.5) is 0 Å². The summed E-state index contributed by atoms with van der Waals surface area (Å²) in [6, 6.07) is 5.29. The number of phenolic OH excluding ortho intramolecular Hbond substituents is 1. The summed E-state index contributed by atoms with van der Waals surface area (Å²) in [7, 11) is 1.81. The zero-order chi connectivity index (χ0) is 23.0. The van der Waals surface area contributed by atoms with Crippen molar-refractivity contribution in [1.29, 1.82) is 0 Å². The molecule has 6 rings (SSSR count). The minimum atomic E-state index is -0.953. The Kier molecular flexibility index (Phi) is 4.48. The smallest absolute Gasteiger partial charge is 0.246 e. The highest BCUT2D eigenvalue weighted by Gasteiger charge is 2.73. The summed E-state index contributed by atoms with van der Waals surface area (Å²) >= 11 is 0. The van der Waals surface area contributed by atoms with Crippen LogP contribution in [-0.2, 0) is 16.6 Å². The molecule has 2 aliphatic heterocycles. The number of hydrogen-bond donors (Lipinski definition) is 2. The summed E-state index contributed by atoms with van der Waals surface area (Å²) < 4.78 is 11.6. The van der Waals surface area contributed by atoms with Gasteiger partial charge in [-0.3, -0.25) is 9.69 Å². The second-order valence-electron chi connectivity index (χ2n) is 9.93. The molecular formula is C26H30N2O5. The maximum absolute atomic E-state index is 13.1. The summed E-state index contributed by atoms with van der Waals surface area (Å²) in [6.45, 7) is 3.89. The van der Waals surface area contributed by atoms with Gasteiger partial charge in [0.05, 0.1) is 29.6 Å². The summed E-state index contributed by atoms with van der Waals surface area (Å²) in [5, 5.41) is 23.0. The fourth-order valence-corrected chi connectivity index (χ4v) is 7.20. The molecule has 2 aliphatic carbocycles. The monoisotopic (exact) mass is 450 g/mol. The number of likely N-dealkylation sites (tertiary alicyclic amines) is 1. The topological polar surface area (TPSA) is 86.4 Å². The van der Waals surface area contributed by atoms with Crippen LogP contribution in [0.5, 0.6) is 11.5 Å². The van der Waals surface area contributed by atoms with Crippen molar-refractivity contribution in [3.63, 3.8) is 0 Å². The first-order valence-electron chi connectivity index (χ1n) is 11.9. The average Bonchev–Trinajstić information content (AvgIpc) is 3.44. The molecule has 174 valence electrons. The second-order valence-corrected chi connectivity index (χ2v) is 9.93. The Labute approximate surface area is 193 Å². The molecule has 33 heavy (non-hydrogen) atoms. The number of aromatic hydroxyl groups is 1. The Morgan fingerprint density at radius 1 is 1.33 bits per heavy atom. The number of carbonyl (C=O) groups excluding carboxylic acids is 1. The number of nitrogens with zero attached hydrogens (tertiary/aromatic N) is 2. The summed E-state index contributed by atoms with van der Waals surface area (Å²) in [5.41, 5.74) is 1.37. The molecule has 2 fully saturated rings. The van der Waals surface area contributed by atoms with Crippen molar-refractivity contribution in [3.05, 3.63) is 53.5 Å². The molecule has 0 radical (unpaired) electrons. The van der Waals surface area contributed by atoms with E-state index in [1.165, 1.54) is 0 Å². The van der Waals surface area contributed by atoms with Gasteiger partial charge in [-0.15, -0.1) is 0 Å². The Morgan fingerprint density at radius 3 is 2.94 bits per heavy atom. The number of carbonyl (C=O) groups is 1. The Balaban J connectivity index is 1.42. The predicted octanol–water partition coefficient (Wildman–Crippen LogP) is 2.70. The highest BCUT2D eigenvalue weighted by Crippen LogP contribution is 2.65. The summed E-state index contributed by atoms with van der Waals surface area (Å²) in [4.78, 5) is 17.2. The highest BCUT2D eigenvalue weighted by molar-refractivity contribution is 5.91.